The zero-order valence-corrected chi connectivity index (χ0v) is 15.9. The molecule has 2 aromatic carbocycles. The molecule has 1 fully saturated rings. The third-order valence-corrected chi connectivity index (χ3v) is 5.22. The van der Waals surface area contributed by atoms with Gasteiger partial charge < -0.3 is 4.90 Å². The Kier molecular flexibility index (Phi) is 6.02. The molecule has 0 N–H and O–H groups in total. The van der Waals surface area contributed by atoms with Crippen molar-refractivity contribution < 1.29 is 9.18 Å². The molecule has 0 aromatic heterocycles. The molecule has 1 saturated heterocycles. The number of carbonyl (C=O) groups excluding carboxylic acids is 1. The van der Waals surface area contributed by atoms with Crippen LogP contribution in [0.3, 0.4) is 0 Å². The highest BCUT2D eigenvalue weighted by Gasteiger charge is 2.22. The fraction of sp³-hybridized carbons (Fsp3) is 0.300. The van der Waals surface area contributed by atoms with Crippen LogP contribution in [0.4, 0.5) is 4.39 Å². The Bertz CT molecular complexity index is 832. The fourth-order valence-corrected chi connectivity index (χ4v) is 3.52. The van der Waals surface area contributed by atoms with Crippen molar-refractivity contribution in [2.24, 2.45) is 0 Å². The lowest BCUT2D eigenvalue weighted by Gasteiger charge is -2.22. The molecular weight excluding hydrogens is 397 g/mol. The monoisotopic (exact) mass is 415 g/mol. The van der Waals surface area contributed by atoms with Crippen LogP contribution in [0.1, 0.15) is 27.9 Å². The van der Waals surface area contributed by atoms with Gasteiger partial charge in [-0.3, -0.25) is 9.69 Å². The fourth-order valence-electron chi connectivity index (χ4n) is 3.11. The van der Waals surface area contributed by atoms with Gasteiger partial charge >= 0.3 is 0 Å². The van der Waals surface area contributed by atoms with Crippen molar-refractivity contribution >= 4 is 21.8 Å². The van der Waals surface area contributed by atoms with Crippen LogP contribution in [0, 0.1) is 17.1 Å². The topological polar surface area (TPSA) is 47.3 Å². The third-order valence-electron chi connectivity index (χ3n) is 4.52. The Morgan fingerprint density at radius 1 is 1.12 bits per heavy atom. The zero-order valence-electron chi connectivity index (χ0n) is 14.3. The van der Waals surface area contributed by atoms with E-state index in [2.05, 4.69) is 26.9 Å². The second-order valence-corrected chi connectivity index (χ2v) is 7.21. The lowest BCUT2D eigenvalue weighted by molar-refractivity contribution is 0.0759. The molecule has 0 radical (unpaired) electrons. The molecule has 6 heteroatoms. The standard InChI is InChI=1S/C20H19BrFN3O/c21-19-7-6-17(22)12-18(19)20(26)25-9-1-8-24(10-11-25)14-16-4-2-15(13-23)3-5-16/h2-7,12H,1,8-11,14H2. The molecule has 1 amide bonds. The summed E-state index contributed by atoms with van der Waals surface area (Å²) >= 11 is 3.34. The van der Waals surface area contributed by atoms with Gasteiger partial charge in [-0.1, -0.05) is 12.1 Å². The average Bonchev–Trinajstić information content (AvgIpc) is 2.89. The van der Waals surface area contributed by atoms with E-state index < -0.39 is 5.82 Å². The van der Waals surface area contributed by atoms with Gasteiger partial charge in [-0.15, -0.1) is 0 Å². The number of carbonyl (C=O) groups is 1. The lowest BCUT2D eigenvalue weighted by atomic mass is 10.1. The third kappa shape index (κ3) is 4.48. The van der Waals surface area contributed by atoms with Crippen LogP contribution in [0.15, 0.2) is 46.9 Å². The minimum absolute atomic E-state index is 0.142. The SMILES string of the molecule is N#Cc1ccc(CN2CCCN(C(=O)c3cc(F)ccc3Br)CC2)cc1. The van der Waals surface area contributed by atoms with Gasteiger partial charge in [-0.05, 0) is 58.2 Å². The number of halogens is 2. The second kappa shape index (κ2) is 8.43. The van der Waals surface area contributed by atoms with E-state index in [1.807, 2.05) is 24.3 Å². The van der Waals surface area contributed by atoms with Crippen LogP contribution in [0.2, 0.25) is 0 Å². The zero-order chi connectivity index (χ0) is 18.5. The van der Waals surface area contributed by atoms with Gasteiger partial charge in [0.15, 0.2) is 0 Å². The molecular formula is C20H19BrFN3O. The normalized spacial score (nSPS) is 15.3. The molecule has 0 saturated carbocycles. The minimum Gasteiger partial charge on any atom is -0.337 e. The van der Waals surface area contributed by atoms with E-state index in [-0.39, 0.29) is 5.91 Å². The van der Waals surface area contributed by atoms with E-state index in [4.69, 9.17) is 5.26 Å². The van der Waals surface area contributed by atoms with E-state index in [9.17, 15) is 9.18 Å². The van der Waals surface area contributed by atoms with Gasteiger partial charge in [-0.25, -0.2) is 4.39 Å². The maximum absolute atomic E-state index is 13.5. The number of nitriles is 1. The summed E-state index contributed by atoms with van der Waals surface area (Å²) in [4.78, 5) is 16.8. The molecule has 0 spiro atoms. The first-order valence-electron chi connectivity index (χ1n) is 8.52. The Morgan fingerprint density at radius 3 is 2.62 bits per heavy atom. The average molecular weight is 416 g/mol. The molecule has 3 rings (SSSR count). The predicted molar refractivity (Wildman–Crippen MR) is 101 cm³/mol. The lowest BCUT2D eigenvalue weighted by Crippen LogP contribution is -2.35. The highest BCUT2D eigenvalue weighted by Crippen LogP contribution is 2.21. The van der Waals surface area contributed by atoms with Crippen molar-refractivity contribution in [1.29, 1.82) is 5.26 Å². The number of rotatable bonds is 3. The van der Waals surface area contributed by atoms with Crippen LogP contribution < -0.4 is 0 Å². The van der Waals surface area contributed by atoms with E-state index in [0.717, 1.165) is 31.6 Å². The van der Waals surface area contributed by atoms with E-state index in [1.165, 1.54) is 12.1 Å². The molecule has 4 nitrogen and oxygen atoms in total. The number of hydrogen-bond donors (Lipinski definition) is 0. The molecule has 1 aliphatic heterocycles. The Hall–Kier alpha value is -2.23. The summed E-state index contributed by atoms with van der Waals surface area (Å²) in [6, 6.07) is 13.9. The van der Waals surface area contributed by atoms with Gasteiger partial charge in [0.1, 0.15) is 5.82 Å². The number of nitrogens with zero attached hydrogens (tertiary/aromatic N) is 3. The molecule has 0 unspecified atom stereocenters. The van der Waals surface area contributed by atoms with Crippen LogP contribution in [-0.4, -0.2) is 41.9 Å². The highest BCUT2D eigenvalue weighted by atomic mass is 79.9. The Balaban J connectivity index is 1.63. The first-order valence-corrected chi connectivity index (χ1v) is 9.32. The molecule has 1 heterocycles. The van der Waals surface area contributed by atoms with Crippen LogP contribution in [0.25, 0.3) is 0 Å². The molecule has 0 atom stereocenters. The molecule has 0 aliphatic carbocycles. The Labute approximate surface area is 161 Å². The van der Waals surface area contributed by atoms with E-state index in [0.29, 0.717) is 28.7 Å². The van der Waals surface area contributed by atoms with Crippen molar-refractivity contribution in [3.63, 3.8) is 0 Å². The van der Waals surface area contributed by atoms with Gasteiger partial charge in [0.05, 0.1) is 17.2 Å². The maximum atomic E-state index is 13.5. The molecule has 1 aliphatic rings. The van der Waals surface area contributed by atoms with Gasteiger partial charge in [0.25, 0.3) is 5.91 Å². The summed E-state index contributed by atoms with van der Waals surface area (Å²) in [5.74, 6) is -0.551. The predicted octanol–water partition coefficient (Wildman–Crippen LogP) is 3.81. The summed E-state index contributed by atoms with van der Waals surface area (Å²) in [6.07, 6.45) is 0.870. The Morgan fingerprint density at radius 2 is 1.88 bits per heavy atom. The van der Waals surface area contributed by atoms with Crippen LogP contribution in [-0.2, 0) is 6.54 Å². The minimum atomic E-state index is -0.409. The van der Waals surface area contributed by atoms with E-state index >= 15 is 0 Å². The number of hydrogen-bond acceptors (Lipinski definition) is 3. The van der Waals surface area contributed by atoms with E-state index in [1.54, 1.807) is 11.0 Å². The van der Waals surface area contributed by atoms with Crippen molar-refractivity contribution in [3.8, 4) is 6.07 Å². The first-order chi connectivity index (χ1) is 12.6. The number of benzene rings is 2. The largest absolute Gasteiger partial charge is 0.337 e. The molecule has 2 aromatic rings. The summed E-state index contributed by atoms with van der Waals surface area (Å²) in [7, 11) is 0. The quantitative estimate of drug-likeness (QED) is 0.765. The summed E-state index contributed by atoms with van der Waals surface area (Å²) in [5, 5.41) is 8.87. The summed E-state index contributed by atoms with van der Waals surface area (Å²) in [5.41, 5.74) is 2.17. The highest BCUT2D eigenvalue weighted by molar-refractivity contribution is 9.10. The van der Waals surface area contributed by atoms with Crippen LogP contribution >= 0.6 is 15.9 Å². The smallest absolute Gasteiger partial charge is 0.255 e. The van der Waals surface area contributed by atoms with Gasteiger partial charge in [-0.2, -0.15) is 5.26 Å². The van der Waals surface area contributed by atoms with Crippen molar-refractivity contribution in [1.82, 2.24) is 9.80 Å². The van der Waals surface area contributed by atoms with Crippen molar-refractivity contribution in [2.45, 2.75) is 13.0 Å². The maximum Gasteiger partial charge on any atom is 0.255 e. The molecule has 134 valence electrons. The van der Waals surface area contributed by atoms with Gasteiger partial charge in [0.2, 0.25) is 0 Å². The summed E-state index contributed by atoms with van der Waals surface area (Å²) in [6.45, 7) is 3.72. The van der Waals surface area contributed by atoms with Crippen molar-refractivity contribution in [2.75, 3.05) is 26.2 Å². The van der Waals surface area contributed by atoms with Crippen LogP contribution in [0.5, 0.6) is 0 Å². The first kappa shape index (κ1) is 18.6. The van der Waals surface area contributed by atoms with Crippen molar-refractivity contribution in [3.05, 3.63) is 69.4 Å². The summed E-state index contributed by atoms with van der Waals surface area (Å²) < 4.78 is 14.1. The van der Waals surface area contributed by atoms with Gasteiger partial charge in [0, 0.05) is 37.2 Å². The molecule has 26 heavy (non-hydrogen) atoms. The molecule has 0 bridgehead atoms. The number of amides is 1. The second-order valence-electron chi connectivity index (χ2n) is 6.35.